The van der Waals surface area contributed by atoms with Gasteiger partial charge in [-0.15, -0.1) is 0 Å². The van der Waals surface area contributed by atoms with Gasteiger partial charge in [0, 0.05) is 24.6 Å². The summed E-state index contributed by atoms with van der Waals surface area (Å²) in [5, 5.41) is 0. The number of halogens is 3. The minimum Gasteiger partial charge on any atom is -0.283 e. The van der Waals surface area contributed by atoms with Gasteiger partial charge in [-0.25, -0.2) is 4.79 Å². The quantitative estimate of drug-likeness (QED) is 0.482. The van der Waals surface area contributed by atoms with E-state index in [2.05, 4.69) is 11.6 Å². The van der Waals surface area contributed by atoms with Crippen LogP contribution in [0, 0.1) is 6.92 Å². The van der Waals surface area contributed by atoms with Crippen molar-refractivity contribution < 1.29 is 13.2 Å². The average Bonchev–Trinajstić information content (AvgIpc) is 3.17. The van der Waals surface area contributed by atoms with Gasteiger partial charge in [0.1, 0.15) is 0 Å². The highest BCUT2D eigenvalue weighted by Gasteiger charge is 2.30. The van der Waals surface area contributed by atoms with Gasteiger partial charge in [-0.2, -0.15) is 18.2 Å². The first-order valence-corrected chi connectivity index (χ1v) is 9.02. The SMILES string of the molecule is C=C(C)Cn1c(=O)c2c(nc3n(-c4ccc(C(F)(F)F)cc4)c(C)cn23)n(C)c1=O. The molecule has 0 atom stereocenters. The molecule has 0 bridgehead atoms. The molecular formula is C20H18F3N5O2. The van der Waals surface area contributed by atoms with Crippen molar-refractivity contribution in [1.29, 1.82) is 0 Å². The van der Waals surface area contributed by atoms with Crippen molar-refractivity contribution in [3.8, 4) is 5.69 Å². The van der Waals surface area contributed by atoms with Gasteiger partial charge in [0.2, 0.25) is 5.78 Å². The van der Waals surface area contributed by atoms with Crippen LogP contribution in [0.4, 0.5) is 13.2 Å². The van der Waals surface area contributed by atoms with Crippen LogP contribution in [0.25, 0.3) is 22.6 Å². The Morgan fingerprint density at radius 2 is 1.80 bits per heavy atom. The number of imidazole rings is 2. The van der Waals surface area contributed by atoms with Crippen molar-refractivity contribution in [2.75, 3.05) is 0 Å². The second kappa shape index (κ2) is 6.48. The number of alkyl halides is 3. The van der Waals surface area contributed by atoms with E-state index in [4.69, 9.17) is 0 Å². The molecule has 1 aromatic carbocycles. The number of benzene rings is 1. The number of aromatic nitrogens is 5. The van der Waals surface area contributed by atoms with Crippen LogP contribution in [0.15, 0.2) is 52.2 Å². The van der Waals surface area contributed by atoms with Crippen LogP contribution in [-0.4, -0.2) is 23.1 Å². The molecule has 0 amide bonds. The second-order valence-corrected chi connectivity index (χ2v) is 7.29. The van der Waals surface area contributed by atoms with Gasteiger partial charge in [0.25, 0.3) is 5.56 Å². The number of nitrogens with zero attached hydrogens (tertiary/aromatic N) is 5. The van der Waals surface area contributed by atoms with Crippen LogP contribution in [0.1, 0.15) is 18.2 Å². The third-order valence-corrected chi connectivity index (χ3v) is 4.91. The molecule has 4 rings (SSSR count). The summed E-state index contributed by atoms with van der Waals surface area (Å²) in [5.74, 6) is 0.322. The van der Waals surface area contributed by atoms with Crippen molar-refractivity contribution in [1.82, 2.24) is 23.1 Å². The molecule has 0 aliphatic heterocycles. The Morgan fingerprint density at radius 1 is 1.17 bits per heavy atom. The van der Waals surface area contributed by atoms with Crippen molar-refractivity contribution in [2.24, 2.45) is 7.05 Å². The molecule has 0 spiro atoms. The predicted molar refractivity (Wildman–Crippen MR) is 106 cm³/mol. The molecule has 30 heavy (non-hydrogen) atoms. The smallest absolute Gasteiger partial charge is 0.283 e. The van der Waals surface area contributed by atoms with Crippen molar-refractivity contribution in [2.45, 2.75) is 26.6 Å². The molecule has 0 saturated heterocycles. The lowest BCUT2D eigenvalue weighted by Crippen LogP contribution is -2.39. The van der Waals surface area contributed by atoms with Crippen molar-refractivity contribution >= 4 is 16.9 Å². The fraction of sp³-hybridized carbons (Fsp3) is 0.250. The zero-order chi connectivity index (χ0) is 22.0. The topological polar surface area (TPSA) is 66.2 Å². The molecule has 0 N–H and O–H groups in total. The average molecular weight is 417 g/mol. The van der Waals surface area contributed by atoms with Crippen LogP contribution in [0.5, 0.6) is 0 Å². The first-order chi connectivity index (χ1) is 14.0. The van der Waals surface area contributed by atoms with Crippen LogP contribution in [0.2, 0.25) is 0 Å². The molecule has 0 aliphatic carbocycles. The Balaban J connectivity index is 2.02. The Kier molecular flexibility index (Phi) is 4.26. The molecule has 4 aromatic rings. The Labute approximate surface area is 167 Å². The Hall–Kier alpha value is -3.56. The Bertz CT molecular complexity index is 1430. The molecule has 0 unspecified atom stereocenters. The largest absolute Gasteiger partial charge is 0.416 e. The number of fused-ring (bicyclic) bond motifs is 3. The van der Waals surface area contributed by atoms with E-state index in [1.807, 2.05) is 0 Å². The first-order valence-electron chi connectivity index (χ1n) is 9.02. The number of hydrogen-bond donors (Lipinski definition) is 0. The fourth-order valence-corrected chi connectivity index (χ4v) is 3.54. The zero-order valence-corrected chi connectivity index (χ0v) is 16.5. The molecule has 156 valence electrons. The molecule has 3 heterocycles. The second-order valence-electron chi connectivity index (χ2n) is 7.29. The highest BCUT2D eigenvalue weighted by Crippen LogP contribution is 2.30. The van der Waals surface area contributed by atoms with Gasteiger partial charge in [-0.1, -0.05) is 12.2 Å². The van der Waals surface area contributed by atoms with Gasteiger partial charge in [-0.05, 0) is 38.1 Å². The van der Waals surface area contributed by atoms with Crippen LogP contribution >= 0.6 is 0 Å². The van der Waals surface area contributed by atoms with Crippen molar-refractivity contribution in [3.63, 3.8) is 0 Å². The monoisotopic (exact) mass is 417 g/mol. The number of rotatable bonds is 3. The van der Waals surface area contributed by atoms with E-state index in [0.29, 0.717) is 22.7 Å². The van der Waals surface area contributed by atoms with Crippen molar-refractivity contribution in [3.05, 3.63) is 74.7 Å². The van der Waals surface area contributed by atoms with Gasteiger partial charge in [-0.3, -0.25) is 22.9 Å². The third-order valence-electron chi connectivity index (χ3n) is 4.91. The number of hydrogen-bond acceptors (Lipinski definition) is 3. The number of allylic oxidation sites excluding steroid dienone is 1. The summed E-state index contributed by atoms with van der Waals surface area (Å²) in [4.78, 5) is 30.1. The fourth-order valence-electron chi connectivity index (χ4n) is 3.54. The summed E-state index contributed by atoms with van der Waals surface area (Å²) in [6, 6.07) is 4.66. The molecule has 0 radical (unpaired) electrons. The number of aryl methyl sites for hydroxylation is 2. The van der Waals surface area contributed by atoms with E-state index in [1.165, 1.54) is 23.7 Å². The van der Waals surface area contributed by atoms with E-state index < -0.39 is 23.0 Å². The summed E-state index contributed by atoms with van der Waals surface area (Å²) in [7, 11) is 1.51. The van der Waals surface area contributed by atoms with Gasteiger partial charge in [0.05, 0.1) is 12.1 Å². The lowest BCUT2D eigenvalue weighted by molar-refractivity contribution is -0.137. The third kappa shape index (κ3) is 2.87. The van der Waals surface area contributed by atoms with Gasteiger partial charge < -0.3 is 0 Å². The maximum absolute atomic E-state index is 13.0. The lowest BCUT2D eigenvalue weighted by atomic mass is 10.2. The van der Waals surface area contributed by atoms with Gasteiger partial charge >= 0.3 is 11.9 Å². The van der Waals surface area contributed by atoms with E-state index in [0.717, 1.165) is 16.7 Å². The van der Waals surface area contributed by atoms with E-state index in [9.17, 15) is 22.8 Å². The van der Waals surface area contributed by atoms with E-state index in [-0.39, 0.29) is 17.7 Å². The van der Waals surface area contributed by atoms with Crippen LogP contribution < -0.4 is 11.2 Å². The van der Waals surface area contributed by atoms with E-state index in [1.54, 1.807) is 29.0 Å². The summed E-state index contributed by atoms with van der Waals surface area (Å²) in [6.07, 6.45) is -2.77. The molecular weight excluding hydrogens is 399 g/mol. The standard InChI is InChI=1S/C20H18F3N5O2/c1-11(2)9-27-17(29)15-16(25(4)19(27)30)24-18-26(15)10-12(3)28(18)14-7-5-13(6-8-14)20(21,22)23/h5-8,10H,1,9H2,2-4H3. The predicted octanol–water partition coefficient (Wildman–Crippen LogP) is 3.04. The van der Waals surface area contributed by atoms with Gasteiger partial charge in [0.15, 0.2) is 11.2 Å². The van der Waals surface area contributed by atoms with Crippen LogP contribution in [0.3, 0.4) is 0 Å². The minimum atomic E-state index is -4.44. The normalized spacial score (nSPS) is 12.2. The first kappa shape index (κ1) is 19.7. The maximum atomic E-state index is 13.0. The molecule has 10 heteroatoms. The molecule has 0 fully saturated rings. The Morgan fingerprint density at radius 3 is 2.37 bits per heavy atom. The van der Waals surface area contributed by atoms with Crippen LogP contribution in [-0.2, 0) is 19.8 Å². The summed E-state index contributed by atoms with van der Waals surface area (Å²) >= 11 is 0. The highest BCUT2D eigenvalue weighted by molar-refractivity contribution is 5.76. The summed E-state index contributed by atoms with van der Waals surface area (Å²) in [5.41, 5.74) is 0.387. The highest BCUT2D eigenvalue weighted by atomic mass is 19.4. The maximum Gasteiger partial charge on any atom is 0.416 e. The lowest BCUT2D eigenvalue weighted by Gasteiger charge is -2.09. The molecule has 7 nitrogen and oxygen atoms in total. The molecule has 0 aliphatic rings. The minimum absolute atomic E-state index is 0.0767. The molecule has 3 aromatic heterocycles. The zero-order valence-electron chi connectivity index (χ0n) is 16.5. The van der Waals surface area contributed by atoms with E-state index >= 15 is 0 Å². The summed E-state index contributed by atoms with van der Waals surface area (Å²) < 4.78 is 44.2. The summed E-state index contributed by atoms with van der Waals surface area (Å²) in [6.45, 7) is 7.31. The molecule has 0 saturated carbocycles.